The largest absolute Gasteiger partial charge is 0.383 e. The second kappa shape index (κ2) is 9.12. The molecule has 3 aromatic rings. The number of nitrogens with two attached hydrogens (primary N) is 1. The first kappa shape index (κ1) is 20.8. The SMILES string of the molecule is Cc1ccc(-n2ncc(C(=O)[C@H]3CCN(C(=O)CCCc4ccccn4)C3)c2N)cc1. The summed E-state index contributed by atoms with van der Waals surface area (Å²) < 4.78 is 1.59. The minimum atomic E-state index is -0.238. The van der Waals surface area contributed by atoms with Gasteiger partial charge in [0.05, 0.1) is 17.4 Å². The molecule has 0 unspecified atom stereocenters. The predicted molar refractivity (Wildman–Crippen MR) is 119 cm³/mol. The average Bonchev–Trinajstić information content (AvgIpc) is 3.42. The molecule has 1 atom stereocenters. The van der Waals surface area contributed by atoms with E-state index >= 15 is 0 Å². The van der Waals surface area contributed by atoms with Gasteiger partial charge in [-0.2, -0.15) is 5.10 Å². The summed E-state index contributed by atoms with van der Waals surface area (Å²) in [7, 11) is 0. The Bertz CT molecular complexity index is 1060. The lowest BCUT2D eigenvalue weighted by Gasteiger charge is -2.16. The van der Waals surface area contributed by atoms with Gasteiger partial charge in [0.2, 0.25) is 5.91 Å². The molecule has 0 spiro atoms. The van der Waals surface area contributed by atoms with Crippen molar-refractivity contribution in [3.05, 3.63) is 71.7 Å². The van der Waals surface area contributed by atoms with Crippen molar-refractivity contribution in [3.63, 3.8) is 0 Å². The topological polar surface area (TPSA) is 94.1 Å². The Balaban J connectivity index is 1.34. The van der Waals surface area contributed by atoms with Crippen LogP contribution in [0.25, 0.3) is 5.69 Å². The van der Waals surface area contributed by atoms with E-state index in [1.807, 2.05) is 49.4 Å². The zero-order valence-electron chi connectivity index (χ0n) is 17.7. The maximum atomic E-state index is 13.1. The minimum Gasteiger partial charge on any atom is -0.383 e. The molecule has 2 N–H and O–H groups in total. The number of hydrogen-bond acceptors (Lipinski definition) is 5. The van der Waals surface area contributed by atoms with Gasteiger partial charge in [0, 0.05) is 37.3 Å². The highest BCUT2D eigenvalue weighted by Crippen LogP contribution is 2.26. The van der Waals surface area contributed by atoms with E-state index in [0.717, 1.165) is 29.8 Å². The summed E-state index contributed by atoms with van der Waals surface area (Å²) in [5.41, 5.74) is 9.63. The van der Waals surface area contributed by atoms with Crippen LogP contribution >= 0.6 is 0 Å². The lowest BCUT2D eigenvalue weighted by molar-refractivity contribution is -0.130. The number of amides is 1. The van der Waals surface area contributed by atoms with Crippen LogP contribution in [0.15, 0.2) is 54.9 Å². The van der Waals surface area contributed by atoms with Crippen molar-refractivity contribution in [3.8, 4) is 5.69 Å². The number of nitrogens with zero attached hydrogens (tertiary/aromatic N) is 4. The Labute approximate surface area is 181 Å². The van der Waals surface area contributed by atoms with Crippen molar-refractivity contribution < 1.29 is 9.59 Å². The van der Waals surface area contributed by atoms with E-state index in [1.54, 1.807) is 15.8 Å². The number of rotatable bonds is 7. The quantitative estimate of drug-likeness (QED) is 0.596. The number of benzene rings is 1. The molecule has 160 valence electrons. The maximum absolute atomic E-state index is 13.1. The third-order valence-electron chi connectivity index (χ3n) is 5.81. The number of ketones is 1. The standard InChI is InChI=1S/C24H27N5O2/c1-17-8-10-20(11-9-17)29-24(25)21(15-27-29)23(31)18-12-14-28(16-18)22(30)7-4-6-19-5-2-3-13-26-19/h2-3,5,8-11,13,15,18H,4,6-7,12,14,16,25H2,1H3/t18-/m0/s1. The summed E-state index contributed by atoms with van der Waals surface area (Å²) in [6, 6.07) is 13.6. The Morgan fingerprint density at radius 3 is 2.71 bits per heavy atom. The monoisotopic (exact) mass is 417 g/mol. The van der Waals surface area contributed by atoms with Gasteiger partial charge in [0.15, 0.2) is 5.78 Å². The fourth-order valence-corrected chi connectivity index (χ4v) is 3.99. The van der Waals surface area contributed by atoms with E-state index in [1.165, 1.54) is 6.20 Å². The number of carbonyl (C=O) groups excluding carboxylic acids is 2. The molecule has 0 radical (unpaired) electrons. The third kappa shape index (κ3) is 4.66. The zero-order chi connectivity index (χ0) is 21.8. The van der Waals surface area contributed by atoms with Gasteiger partial charge in [-0.1, -0.05) is 23.8 Å². The maximum Gasteiger partial charge on any atom is 0.222 e. The molecule has 1 fully saturated rings. The summed E-state index contributed by atoms with van der Waals surface area (Å²) in [5, 5.41) is 4.32. The summed E-state index contributed by atoms with van der Waals surface area (Å²) in [6.07, 6.45) is 5.94. The summed E-state index contributed by atoms with van der Waals surface area (Å²) in [4.78, 5) is 31.7. The first-order valence-corrected chi connectivity index (χ1v) is 10.7. The van der Waals surface area contributed by atoms with Crippen LogP contribution in [0.5, 0.6) is 0 Å². The number of carbonyl (C=O) groups is 2. The molecule has 0 aliphatic carbocycles. The second-order valence-corrected chi connectivity index (χ2v) is 8.06. The van der Waals surface area contributed by atoms with Crippen molar-refractivity contribution in [1.82, 2.24) is 19.7 Å². The third-order valence-corrected chi connectivity index (χ3v) is 5.81. The highest BCUT2D eigenvalue weighted by molar-refractivity contribution is 6.02. The first-order valence-electron chi connectivity index (χ1n) is 10.7. The normalized spacial score (nSPS) is 15.9. The van der Waals surface area contributed by atoms with Crippen molar-refractivity contribution >= 4 is 17.5 Å². The van der Waals surface area contributed by atoms with E-state index in [2.05, 4.69) is 10.1 Å². The molecule has 3 heterocycles. The number of aryl methyl sites for hydroxylation is 2. The molecule has 2 aromatic heterocycles. The summed E-state index contributed by atoms with van der Waals surface area (Å²) in [6.45, 7) is 3.05. The molecule has 1 aliphatic heterocycles. The van der Waals surface area contributed by atoms with E-state index in [-0.39, 0.29) is 17.6 Å². The Morgan fingerprint density at radius 1 is 1.16 bits per heavy atom. The number of likely N-dealkylation sites (tertiary alicyclic amines) is 1. The fourth-order valence-electron chi connectivity index (χ4n) is 3.99. The molecular weight excluding hydrogens is 390 g/mol. The average molecular weight is 418 g/mol. The minimum absolute atomic E-state index is 0.0420. The molecule has 1 saturated heterocycles. The van der Waals surface area contributed by atoms with Crippen LogP contribution < -0.4 is 5.73 Å². The fraction of sp³-hybridized carbons (Fsp3) is 0.333. The van der Waals surface area contributed by atoms with E-state index in [9.17, 15) is 9.59 Å². The molecule has 4 rings (SSSR count). The van der Waals surface area contributed by atoms with Crippen molar-refractivity contribution in [2.45, 2.75) is 32.6 Å². The molecular formula is C24H27N5O2. The van der Waals surface area contributed by atoms with E-state index in [4.69, 9.17) is 5.73 Å². The van der Waals surface area contributed by atoms with Gasteiger partial charge < -0.3 is 10.6 Å². The van der Waals surface area contributed by atoms with Gasteiger partial charge in [0.1, 0.15) is 5.82 Å². The lowest BCUT2D eigenvalue weighted by atomic mass is 9.98. The van der Waals surface area contributed by atoms with Crippen molar-refractivity contribution in [2.75, 3.05) is 18.8 Å². The van der Waals surface area contributed by atoms with Crippen LogP contribution in [0.2, 0.25) is 0 Å². The van der Waals surface area contributed by atoms with E-state index < -0.39 is 0 Å². The van der Waals surface area contributed by atoms with Gasteiger partial charge in [0.25, 0.3) is 0 Å². The Kier molecular flexibility index (Phi) is 6.11. The van der Waals surface area contributed by atoms with Gasteiger partial charge >= 0.3 is 0 Å². The number of hydrogen-bond donors (Lipinski definition) is 1. The van der Waals surface area contributed by atoms with Crippen molar-refractivity contribution in [2.24, 2.45) is 5.92 Å². The van der Waals surface area contributed by atoms with Crippen molar-refractivity contribution in [1.29, 1.82) is 0 Å². The molecule has 1 aliphatic rings. The molecule has 7 heteroatoms. The van der Waals surface area contributed by atoms with Crippen LogP contribution in [0, 0.1) is 12.8 Å². The molecule has 7 nitrogen and oxygen atoms in total. The summed E-state index contributed by atoms with van der Waals surface area (Å²) in [5.74, 6) is 0.154. The predicted octanol–water partition coefficient (Wildman–Crippen LogP) is 3.21. The van der Waals surface area contributed by atoms with Crippen LogP contribution in [0.4, 0.5) is 5.82 Å². The number of aromatic nitrogens is 3. The van der Waals surface area contributed by atoms with Gasteiger partial charge in [-0.15, -0.1) is 0 Å². The highest BCUT2D eigenvalue weighted by atomic mass is 16.2. The number of anilines is 1. The Morgan fingerprint density at radius 2 is 1.97 bits per heavy atom. The van der Waals surface area contributed by atoms with Gasteiger partial charge in [-0.05, 0) is 50.5 Å². The Hall–Kier alpha value is -3.48. The van der Waals surface area contributed by atoms with E-state index in [0.29, 0.717) is 37.3 Å². The van der Waals surface area contributed by atoms with Crippen LogP contribution in [0.1, 0.15) is 40.9 Å². The van der Waals surface area contributed by atoms with Crippen LogP contribution in [-0.4, -0.2) is 44.4 Å². The number of pyridine rings is 1. The molecule has 1 aromatic carbocycles. The first-order chi connectivity index (χ1) is 15.0. The molecule has 1 amide bonds. The molecule has 31 heavy (non-hydrogen) atoms. The number of nitrogen functional groups attached to an aromatic ring is 1. The summed E-state index contributed by atoms with van der Waals surface area (Å²) >= 11 is 0. The molecule has 0 saturated carbocycles. The lowest BCUT2D eigenvalue weighted by Crippen LogP contribution is -2.30. The van der Waals surface area contributed by atoms with Crippen LogP contribution in [0.3, 0.4) is 0 Å². The van der Waals surface area contributed by atoms with Crippen LogP contribution in [-0.2, 0) is 11.2 Å². The number of Topliss-reactive ketones (excluding diaryl/α,β-unsaturated/α-hetero) is 1. The van der Waals surface area contributed by atoms with Gasteiger partial charge in [-0.25, -0.2) is 4.68 Å². The zero-order valence-corrected chi connectivity index (χ0v) is 17.7. The second-order valence-electron chi connectivity index (χ2n) is 8.06. The molecule has 0 bridgehead atoms. The highest BCUT2D eigenvalue weighted by Gasteiger charge is 2.33. The van der Waals surface area contributed by atoms with Gasteiger partial charge in [-0.3, -0.25) is 14.6 Å². The smallest absolute Gasteiger partial charge is 0.222 e.